The van der Waals surface area contributed by atoms with E-state index in [-0.39, 0.29) is 29.5 Å². The number of rotatable bonds is 15. The highest BCUT2D eigenvalue weighted by molar-refractivity contribution is 9.10. The summed E-state index contributed by atoms with van der Waals surface area (Å²) in [5, 5.41) is 2.96. The maximum atomic E-state index is 14.5. The summed E-state index contributed by atoms with van der Waals surface area (Å²) in [6.45, 7) is 3.68. The second kappa shape index (κ2) is 16.6. The van der Waals surface area contributed by atoms with Crippen LogP contribution in [0.15, 0.2) is 106 Å². The van der Waals surface area contributed by atoms with Gasteiger partial charge in [-0.15, -0.1) is 0 Å². The molecular weight excluding hydrogens is 685 g/mol. The van der Waals surface area contributed by atoms with E-state index in [2.05, 4.69) is 21.2 Å². The molecule has 4 aromatic carbocycles. The number of nitrogens with one attached hydrogen (secondary N) is 1. The van der Waals surface area contributed by atoms with Crippen molar-refractivity contribution in [3.05, 3.63) is 124 Å². The van der Waals surface area contributed by atoms with Gasteiger partial charge in [0.2, 0.25) is 11.8 Å². The summed E-state index contributed by atoms with van der Waals surface area (Å²) in [5.74, 6) is -0.948. The molecular formula is C36H39BrFN3O5S. The lowest BCUT2D eigenvalue weighted by Gasteiger charge is -2.34. The second-order valence-electron chi connectivity index (χ2n) is 11.1. The summed E-state index contributed by atoms with van der Waals surface area (Å²) >= 11 is 3.37. The van der Waals surface area contributed by atoms with Crippen LogP contribution < -0.4 is 14.4 Å². The molecule has 1 N–H and O–H groups in total. The second-order valence-corrected chi connectivity index (χ2v) is 13.9. The van der Waals surface area contributed by atoms with Crippen LogP contribution in [0.1, 0.15) is 36.5 Å². The van der Waals surface area contributed by atoms with Crippen molar-refractivity contribution < 1.29 is 27.1 Å². The molecule has 0 aliphatic rings. The van der Waals surface area contributed by atoms with Crippen LogP contribution in [0.4, 0.5) is 10.1 Å². The maximum Gasteiger partial charge on any atom is 0.264 e. The van der Waals surface area contributed by atoms with E-state index in [1.807, 2.05) is 44.2 Å². The van der Waals surface area contributed by atoms with Crippen molar-refractivity contribution >= 4 is 43.5 Å². The van der Waals surface area contributed by atoms with Gasteiger partial charge in [-0.2, -0.15) is 0 Å². The first-order chi connectivity index (χ1) is 22.5. The van der Waals surface area contributed by atoms with Gasteiger partial charge in [-0.05, 0) is 82.9 Å². The van der Waals surface area contributed by atoms with Crippen molar-refractivity contribution in [2.24, 2.45) is 0 Å². The molecule has 1 atom stereocenters. The molecule has 0 aliphatic carbocycles. The molecule has 47 heavy (non-hydrogen) atoms. The molecule has 0 radical (unpaired) electrons. The Morgan fingerprint density at radius 3 is 2.23 bits per heavy atom. The Bertz CT molecular complexity index is 1750. The molecule has 8 nitrogen and oxygen atoms in total. The van der Waals surface area contributed by atoms with Gasteiger partial charge in [0, 0.05) is 19.5 Å². The Morgan fingerprint density at radius 2 is 1.62 bits per heavy atom. The van der Waals surface area contributed by atoms with Crippen molar-refractivity contribution in [2.75, 3.05) is 24.5 Å². The van der Waals surface area contributed by atoms with Crippen LogP contribution in [0.2, 0.25) is 0 Å². The van der Waals surface area contributed by atoms with Crippen LogP contribution in [0.3, 0.4) is 0 Å². The monoisotopic (exact) mass is 723 g/mol. The Kier molecular flexibility index (Phi) is 12.6. The number of benzene rings is 4. The Hall–Kier alpha value is -4.22. The molecule has 0 unspecified atom stereocenters. The van der Waals surface area contributed by atoms with E-state index in [1.165, 1.54) is 42.3 Å². The number of methoxy groups -OCH3 is 1. The number of hydrogen-bond acceptors (Lipinski definition) is 5. The van der Waals surface area contributed by atoms with E-state index in [0.717, 1.165) is 28.3 Å². The fraction of sp³-hybridized carbons (Fsp3) is 0.278. The quantitative estimate of drug-likeness (QED) is 0.139. The minimum Gasteiger partial charge on any atom is -0.496 e. The number of sulfonamides is 1. The molecule has 0 spiro atoms. The van der Waals surface area contributed by atoms with Gasteiger partial charge in [0.15, 0.2) is 0 Å². The van der Waals surface area contributed by atoms with E-state index >= 15 is 0 Å². The van der Waals surface area contributed by atoms with Gasteiger partial charge in [-0.25, -0.2) is 12.8 Å². The number of aryl methyl sites for hydroxylation is 1. The van der Waals surface area contributed by atoms with Crippen molar-refractivity contribution in [3.8, 4) is 5.75 Å². The van der Waals surface area contributed by atoms with E-state index in [0.29, 0.717) is 22.3 Å². The van der Waals surface area contributed by atoms with E-state index in [9.17, 15) is 22.4 Å². The molecule has 0 aromatic heterocycles. The van der Waals surface area contributed by atoms with Crippen LogP contribution in [-0.4, -0.2) is 51.4 Å². The van der Waals surface area contributed by atoms with Crippen molar-refractivity contribution in [2.45, 2.75) is 50.6 Å². The molecule has 0 bridgehead atoms. The highest BCUT2D eigenvalue weighted by atomic mass is 79.9. The third kappa shape index (κ3) is 9.42. The number of halogens is 2. The molecule has 0 aliphatic heterocycles. The highest BCUT2D eigenvalue weighted by Gasteiger charge is 2.34. The van der Waals surface area contributed by atoms with Crippen LogP contribution in [0.25, 0.3) is 0 Å². The average Bonchev–Trinajstić information content (AvgIpc) is 3.07. The molecule has 0 fully saturated rings. The summed E-state index contributed by atoms with van der Waals surface area (Å²) < 4.78 is 49.2. The van der Waals surface area contributed by atoms with Gasteiger partial charge in [0.25, 0.3) is 10.0 Å². The topological polar surface area (TPSA) is 96.0 Å². The van der Waals surface area contributed by atoms with Crippen LogP contribution in [-0.2, 0) is 32.6 Å². The fourth-order valence-electron chi connectivity index (χ4n) is 5.02. The van der Waals surface area contributed by atoms with Crippen LogP contribution in [0.5, 0.6) is 5.75 Å². The first-order valence-electron chi connectivity index (χ1n) is 15.3. The van der Waals surface area contributed by atoms with Gasteiger partial charge < -0.3 is 15.0 Å². The maximum absolute atomic E-state index is 14.5. The molecule has 0 saturated carbocycles. The summed E-state index contributed by atoms with van der Waals surface area (Å²) in [5.41, 5.74) is 2.60. The predicted octanol–water partition coefficient (Wildman–Crippen LogP) is 6.66. The lowest BCUT2D eigenvalue weighted by Crippen LogP contribution is -2.53. The third-order valence-electron chi connectivity index (χ3n) is 7.68. The fourth-order valence-corrected chi connectivity index (χ4v) is 7.15. The van der Waals surface area contributed by atoms with E-state index in [4.69, 9.17) is 4.74 Å². The largest absolute Gasteiger partial charge is 0.496 e. The Morgan fingerprint density at radius 1 is 0.936 bits per heavy atom. The zero-order valence-corrected chi connectivity index (χ0v) is 29.1. The number of amides is 2. The van der Waals surface area contributed by atoms with Gasteiger partial charge >= 0.3 is 0 Å². The number of nitrogens with zero attached hydrogens (tertiary/aromatic N) is 2. The zero-order chi connectivity index (χ0) is 34.0. The standard InChI is InChI=1S/C36H39BrFN3O5S/c1-4-5-21-39-36(43)33(22-27-9-7-6-8-10-27)40(24-28-13-15-29(38)16-14-28)35(42)25-41(30-17-11-26(2)12-18-30)47(44,45)31-19-20-34(46-3)32(37)23-31/h6-20,23,33H,4-5,21-22,24-25H2,1-3H3,(H,39,43)/t33-/m1/s1. The summed E-state index contributed by atoms with van der Waals surface area (Å²) in [6.07, 6.45) is 1.81. The molecule has 0 saturated heterocycles. The smallest absolute Gasteiger partial charge is 0.264 e. The molecule has 4 rings (SSSR count). The number of unbranched alkanes of at least 4 members (excludes halogenated alkanes) is 1. The molecule has 2 amide bonds. The van der Waals surface area contributed by atoms with E-state index < -0.39 is 34.3 Å². The minimum atomic E-state index is -4.29. The van der Waals surface area contributed by atoms with Crippen LogP contribution >= 0.6 is 15.9 Å². The highest BCUT2D eigenvalue weighted by Crippen LogP contribution is 2.31. The number of anilines is 1. The number of hydrogen-bond donors (Lipinski definition) is 1. The Balaban J connectivity index is 1.79. The predicted molar refractivity (Wildman–Crippen MR) is 185 cm³/mol. The first-order valence-corrected chi connectivity index (χ1v) is 17.5. The summed E-state index contributed by atoms with van der Waals surface area (Å²) in [7, 11) is -2.82. The van der Waals surface area contributed by atoms with Gasteiger partial charge in [0.1, 0.15) is 24.2 Å². The minimum absolute atomic E-state index is 0.0479. The summed E-state index contributed by atoms with van der Waals surface area (Å²) in [4.78, 5) is 29.7. The van der Waals surface area contributed by atoms with Crippen molar-refractivity contribution in [1.29, 1.82) is 0 Å². The molecule has 248 valence electrons. The SMILES string of the molecule is CCCCNC(=O)[C@@H](Cc1ccccc1)N(Cc1ccc(F)cc1)C(=O)CN(c1ccc(C)cc1)S(=O)(=O)c1ccc(OC)c(Br)c1. The van der Waals surface area contributed by atoms with Gasteiger partial charge in [-0.3, -0.25) is 13.9 Å². The lowest BCUT2D eigenvalue weighted by molar-refractivity contribution is -0.140. The van der Waals surface area contributed by atoms with Crippen LogP contribution in [0, 0.1) is 12.7 Å². The van der Waals surface area contributed by atoms with E-state index in [1.54, 1.807) is 36.4 Å². The van der Waals surface area contributed by atoms with Gasteiger partial charge in [0.05, 0.1) is 22.2 Å². The zero-order valence-electron chi connectivity index (χ0n) is 26.7. The molecule has 4 aromatic rings. The van der Waals surface area contributed by atoms with Crippen molar-refractivity contribution in [3.63, 3.8) is 0 Å². The van der Waals surface area contributed by atoms with Gasteiger partial charge in [-0.1, -0.05) is 73.5 Å². The average molecular weight is 725 g/mol. The lowest BCUT2D eigenvalue weighted by atomic mass is 10.0. The molecule has 0 heterocycles. The number of carbonyl (C=O) groups excluding carboxylic acids is 2. The number of carbonyl (C=O) groups is 2. The molecule has 11 heteroatoms. The normalized spacial score (nSPS) is 11.9. The Labute approximate surface area is 284 Å². The first kappa shape index (κ1) is 35.6. The third-order valence-corrected chi connectivity index (χ3v) is 10.1. The van der Waals surface area contributed by atoms with Crippen molar-refractivity contribution in [1.82, 2.24) is 10.2 Å². The summed E-state index contributed by atoms with van der Waals surface area (Å²) in [6, 6.07) is 25.2. The number of ether oxygens (including phenoxy) is 1.